The first-order valence-corrected chi connectivity index (χ1v) is 6.09. The van der Waals surface area contributed by atoms with Crippen LogP contribution in [0.25, 0.3) is 0 Å². The lowest BCUT2D eigenvalue weighted by molar-refractivity contribution is 0.0600. The maximum absolute atomic E-state index is 11.3. The molecule has 0 saturated heterocycles. The summed E-state index contributed by atoms with van der Waals surface area (Å²) in [4.78, 5) is 13.4. The third kappa shape index (κ3) is 4.47. The fourth-order valence-corrected chi connectivity index (χ4v) is 1.48. The molecule has 100 valence electrons. The number of esters is 1. The first kappa shape index (κ1) is 14.7. The van der Waals surface area contributed by atoms with E-state index in [0.29, 0.717) is 11.6 Å². The largest absolute Gasteiger partial charge is 0.465 e. The maximum atomic E-state index is 11.3. The molecule has 18 heavy (non-hydrogen) atoms. The molecule has 0 aliphatic heterocycles. The Kier molecular flexibility index (Phi) is 5.82. The van der Waals surface area contributed by atoms with Gasteiger partial charge in [0.15, 0.2) is 0 Å². The number of rotatable bonds is 6. The molecule has 0 fully saturated rings. The van der Waals surface area contributed by atoms with Gasteiger partial charge in [0.05, 0.1) is 12.7 Å². The van der Waals surface area contributed by atoms with Crippen LogP contribution in [0, 0.1) is 0 Å². The van der Waals surface area contributed by atoms with E-state index in [0.717, 1.165) is 18.7 Å². The summed E-state index contributed by atoms with van der Waals surface area (Å²) in [5, 5.41) is 3.39. The second-order valence-electron chi connectivity index (χ2n) is 4.63. The minimum Gasteiger partial charge on any atom is -0.465 e. The number of likely N-dealkylation sites (N-methyl/N-ethyl adjacent to an activating group) is 1. The number of carbonyl (C=O) groups is 1. The van der Waals surface area contributed by atoms with Crippen molar-refractivity contribution in [3.05, 3.63) is 35.4 Å². The predicted molar refractivity (Wildman–Crippen MR) is 72.6 cm³/mol. The summed E-state index contributed by atoms with van der Waals surface area (Å²) in [7, 11) is 5.52. The summed E-state index contributed by atoms with van der Waals surface area (Å²) < 4.78 is 4.66. The third-order valence-corrected chi connectivity index (χ3v) is 3.03. The topological polar surface area (TPSA) is 41.6 Å². The molecule has 1 atom stereocenters. The van der Waals surface area contributed by atoms with Crippen molar-refractivity contribution in [2.45, 2.75) is 19.5 Å². The van der Waals surface area contributed by atoms with E-state index < -0.39 is 0 Å². The van der Waals surface area contributed by atoms with E-state index in [1.54, 1.807) is 12.1 Å². The lowest BCUT2D eigenvalue weighted by Crippen LogP contribution is -2.35. The van der Waals surface area contributed by atoms with Crippen molar-refractivity contribution >= 4 is 5.97 Å². The van der Waals surface area contributed by atoms with E-state index in [9.17, 15) is 4.79 Å². The highest BCUT2D eigenvalue weighted by molar-refractivity contribution is 5.89. The molecule has 1 aromatic carbocycles. The molecule has 4 nitrogen and oxygen atoms in total. The van der Waals surface area contributed by atoms with E-state index in [1.807, 2.05) is 12.1 Å². The number of hydrogen-bond acceptors (Lipinski definition) is 4. The van der Waals surface area contributed by atoms with Crippen molar-refractivity contribution in [3.63, 3.8) is 0 Å². The van der Waals surface area contributed by atoms with Crippen LogP contribution in [0.3, 0.4) is 0 Å². The highest BCUT2D eigenvalue weighted by Crippen LogP contribution is 2.05. The van der Waals surface area contributed by atoms with Crippen molar-refractivity contribution in [3.8, 4) is 0 Å². The van der Waals surface area contributed by atoms with Gasteiger partial charge in [-0.25, -0.2) is 4.79 Å². The number of benzene rings is 1. The first-order chi connectivity index (χ1) is 8.54. The van der Waals surface area contributed by atoms with Crippen LogP contribution in [-0.2, 0) is 11.3 Å². The lowest BCUT2D eigenvalue weighted by Gasteiger charge is -2.20. The average Bonchev–Trinajstić information content (AvgIpc) is 2.38. The molecule has 0 aliphatic rings. The van der Waals surface area contributed by atoms with Crippen LogP contribution in [0.15, 0.2) is 24.3 Å². The van der Waals surface area contributed by atoms with Gasteiger partial charge in [0.2, 0.25) is 0 Å². The second-order valence-corrected chi connectivity index (χ2v) is 4.63. The van der Waals surface area contributed by atoms with E-state index in [-0.39, 0.29) is 5.97 Å². The molecule has 0 aromatic heterocycles. The number of methoxy groups -OCH3 is 1. The van der Waals surface area contributed by atoms with Crippen LogP contribution in [0.2, 0.25) is 0 Å². The van der Waals surface area contributed by atoms with Crippen LogP contribution >= 0.6 is 0 Å². The summed E-state index contributed by atoms with van der Waals surface area (Å²) in [5.41, 5.74) is 1.75. The van der Waals surface area contributed by atoms with Crippen molar-refractivity contribution in [1.29, 1.82) is 0 Å². The molecule has 1 unspecified atom stereocenters. The Labute approximate surface area is 109 Å². The molecule has 0 radical (unpaired) electrons. The average molecular weight is 250 g/mol. The Morgan fingerprint density at radius 3 is 2.44 bits per heavy atom. The maximum Gasteiger partial charge on any atom is 0.337 e. The monoisotopic (exact) mass is 250 g/mol. The molecular formula is C14H22N2O2. The zero-order valence-corrected chi connectivity index (χ0v) is 11.6. The van der Waals surface area contributed by atoms with E-state index in [4.69, 9.17) is 0 Å². The molecule has 0 heterocycles. The normalized spacial score (nSPS) is 12.5. The molecule has 4 heteroatoms. The lowest BCUT2D eigenvalue weighted by atomic mass is 10.1. The highest BCUT2D eigenvalue weighted by atomic mass is 16.5. The zero-order valence-electron chi connectivity index (χ0n) is 11.6. The number of hydrogen-bond donors (Lipinski definition) is 1. The number of carbonyl (C=O) groups excluding carboxylic acids is 1. The summed E-state index contributed by atoms with van der Waals surface area (Å²) in [6, 6.07) is 7.97. The van der Waals surface area contributed by atoms with Crippen LogP contribution in [0.4, 0.5) is 0 Å². The standard InChI is InChI=1S/C14H22N2O2/c1-11(16(2)3)9-15-10-12-5-7-13(8-6-12)14(17)18-4/h5-8,11,15H,9-10H2,1-4H3. The Hall–Kier alpha value is -1.39. The van der Waals surface area contributed by atoms with Gasteiger partial charge >= 0.3 is 5.97 Å². The molecule has 1 aromatic rings. The number of nitrogens with zero attached hydrogens (tertiary/aromatic N) is 1. The Bertz CT molecular complexity index is 374. The van der Waals surface area contributed by atoms with Gasteiger partial charge < -0.3 is 15.0 Å². The van der Waals surface area contributed by atoms with E-state index >= 15 is 0 Å². The minimum absolute atomic E-state index is 0.296. The van der Waals surface area contributed by atoms with Crippen LogP contribution in [0.1, 0.15) is 22.8 Å². The first-order valence-electron chi connectivity index (χ1n) is 6.09. The van der Waals surface area contributed by atoms with Crippen LogP contribution in [-0.4, -0.2) is 44.7 Å². The molecule has 0 amide bonds. The van der Waals surface area contributed by atoms with Gasteiger partial charge in [-0.2, -0.15) is 0 Å². The van der Waals surface area contributed by atoms with Gasteiger partial charge in [-0.15, -0.1) is 0 Å². The van der Waals surface area contributed by atoms with Crippen LogP contribution in [0.5, 0.6) is 0 Å². The van der Waals surface area contributed by atoms with Crippen molar-refractivity contribution < 1.29 is 9.53 Å². The quantitative estimate of drug-likeness (QED) is 0.777. The van der Waals surface area contributed by atoms with Gasteiger partial charge in [-0.05, 0) is 38.7 Å². The fourth-order valence-electron chi connectivity index (χ4n) is 1.48. The summed E-state index contributed by atoms with van der Waals surface area (Å²) >= 11 is 0. The van der Waals surface area contributed by atoms with Crippen LogP contribution < -0.4 is 5.32 Å². The van der Waals surface area contributed by atoms with Gasteiger partial charge in [0, 0.05) is 19.1 Å². The Balaban J connectivity index is 2.42. The molecule has 1 N–H and O–H groups in total. The molecule has 0 saturated carbocycles. The molecule has 1 rings (SSSR count). The Morgan fingerprint density at radius 2 is 1.94 bits per heavy atom. The number of nitrogens with one attached hydrogen (secondary N) is 1. The smallest absolute Gasteiger partial charge is 0.337 e. The van der Waals surface area contributed by atoms with E-state index in [2.05, 4.69) is 36.0 Å². The second kappa shape index (κ2) is 7.13. The van der Waals surface area contributed by atoms with Gasteiger partial charge in [0.1, 0.15) is 0 Å². The summed E-state index contributed by atoms with van der Waals surface area (Å²) in [5.74, 6) is -0.296. The SMILES string of the molecule is COC(=O)c1ccc(CNCC(C)N(C)C)cc1. The van der Waals surface area contributed by atoms with Gasteiger partial charge in [-0.3, -0.25) is 0 Å². The molecular weight excluding hydrogens is 228 g/mol. The molecule has 0 aliphatic carbocycles. The van der Waals surface area contributed by atoms with E-state index in [1.165, 1.54) is 7.11 Å². The highest BCUT2D eigenvalue weighted by Gasteiger charge is 2.05. The predicted octanol–water partition coefficient (Wildman–Crippen LogP) is 1.51. The van der Waals surface area contributed by atoms with Gasteiger partial charge in [-0.1, -0.05) is 12.1 Å². The third-order valence-electron chi connectivity index (χ3n) is 3.03. The Morgan fingerprint density at radius 1 is 1.33 bits per heavy atom. The number of ether oxygens (including phenoxy) is 1. The van der Waals surface area contributed by atoms with Crippen molar-refractivity contribution in [2.75, 3.05) is 27.7 Å². The van der Waals surface area contributed by atoms with Gasteiger partial charge in [0.25, 0.3) is 0 Å². The summed E-state index contributed by atoms with van der Waals surface area (Å²) in [6.45, 7) is 3.92. The molecule has 0 spiro atoms. The van der Waals surface area contributed by atoms with Crippen molar-refractivity contribution in [2.24, 2.45) is 0 Å². The van der Waals surface area contributed by atoms with Crippen molar-refractivity contribution in [1.82, 2.24) is 10.2 Å². The summed E-state index contributed by atoms with van der Waals surface area (Å²) in [6.07, 6.45) is 0. The fraction of sp³-hybridized carbons (Fsp3) is 0.500. The molecule has 0 bridgehead atoms. The zero-order chi connectivity index (χ0) is 13.5. The minimum atomic E-state index is -0.296.